The number of amides is 1. The lowest BCUT2D eigenvalue weighted by atomic mass is 10.1. The van der Waals surface area contributed by atoms with E-state index in [9.17, 15) is 4.79 Å². The van der Waals surface area contributed by atoms with Crippen molar-refractivity contribution >= 4 is 27.5 Å². The van der Waals surface area contributed by atoms with Gasteiger partial charge in [0.1, 0.15) is 4.60 Å². The van der Waals surface area contributed by atoms with Gasteiger partial charge in [0.2, 0.25) is 0 Å². The minimum atomic E-state index is -0.0892. The van der Waals surface area contributed by atoms with Crippen LogP contribution in [-0.4, -0.2) is 17.9 Å². The topological polar surface area (TPSA) is 54.0 Å². The normalized spacial score (nSPS) is 10.2. The highest BCUT2D eigenvalue weighted by atomic mass is 79.9. The molecule has 0 saturated carbocycles. The van der Waals surface area contributed by atoms with E-state index in [-0.39, 0.29) is 5.91 Å². The molecule has 0 spiro atoms. The highest BCUT2D eigenvalue weighted by Crippen LogP contribution is 2.18. The monoisotopic (exact) mass is 333 g/mol. The minimum Gasteiger partial charge on any atom is -0.379 e. The summed E-state index contributed by atoms with van der Waals surface area (Å²) < 4.78 is 0.813. The molecule has 4 nitrogen and oxygen atoms in total. The Morgan fingerprint density at radius 3 is 2.80 bits per heavy atom. The average molecular weight is 334 g/mol. The Morgan fingerprint density at radius 2 is 2.10 bits per heavy atom. The van der Waals surface area contributed by atoms with Crippen LogP contribution in [0.15, 0.2) is 41.0 Å². The molecule has 1 heterocycles. The highest BCUT2D eigenvalue weighted by molar-refractivity contribution is 9.10. The molecule has 2 N–H and O–H groups in total. The van der Waals surface area contributed by atoms with Gasteiger partial charge in [-0.2, -0.15) is 0 Å². The molecular weight excluding hydrogens is 318 g/mol. The summed E-state index contributed by atoms with van der Waals surface area (Å²) in [6.45, 7) is 2.61. The molecule has 0 aliphatic rings. The first-order valence-corrected chi connectivity index (χ1v) is 7.07. The number of hydrogen-bond acceptors (Lipinski definition) is 3. The van der Waals surface area contributed by atoms with Crippen molar-refractivity contribution < 1.29 is 4.79 Å². The maximum absolute atomic E-state index is 11.6. The van der Waals surface area contributed by atoms with Gasteiger partial charge < -0.3 is 10.6 Å². The van der Waals surface area contributed by atoms with Gasteiger partial charge in [0, 0.05) is 18.3 Å². The summed E-state index contributed by atoms with van der Waals surface area (Å²) in [5, 5.41) is 5.94. The van der Waals surface area contributed by atoms with E-state index < -0.39 is 0 Å². The summed E-state index contributed by atoms with van der Waals surface area (Å²) in [4.78, 5) is 16.0. The second-order valence-electron chi connectivity index (χ2n) is 4.41. The van der Waals surface area contributed by atoms with Crippen LogP contribution in [0.4, 0.5) is 5.69 Å². The van der Waals surface area contributed by atoms with Gasteiger partial charge in [-0.1, -0.05) is 12.1 Å². The molecule has 5 heteroatoms. The van der Waals surface area contributed by atoms with Gasteiger partial charge >= 0.3 is 0 Å². The molecule has 0 radical (unpaired) electrons. The van der Waals surface area contributed by atoms with Crippen LogP contribution in [0.5, 0.6) is 0 Å². The molecule has 1 aromatic heterocycles. The third kappa shape index (κ3) is 3.57. The maximum Gasteiger partial charge on any atom is 0.251 e. The second kappa shape index (κ2) is 6.52. The van der Waals surface area contributed by atoms with Crippen LogP contribution < -0.4 is 10.6 Å². The maximum atomic E-state index is 11.6. The molecule has 0 atom stereocenters. The van der Waals surface area contributed by atoms with Crippen LogP contribution in [0.3, 0.4) is 0 Å². The van der Waals surface area contributed by atoms with Crippen molar-refractivity contribution in [2.75, 3.05) is 12.4 Å². The van der Waals surface area contributed by atoms with Crippen molar-refractivity contribution in [2.24, 2.45) is 0 Å². The molecule has 0 aliphatic heterocycles. The third-order valence-electron chi connectivity index (χ3n) is 2.96. The van der Waals surface area contributed by atoms with E-state index in [2.05, 4.69) is 31.5 Å². The van der Waals surface area contributed by atoms with Crippen LogP contribution in [0, 0.1) is 6.92 Å². The molecule has 104 valence electrons. The van der Waals surface area contributed by atoms with Crippen molar-refractivity contribution in [3.05, 3.63) is 57.8 Å². The second-order valence-corrected chi connectivity index (χ2v) is 5.23. The summed E-state index contributed by atoms with van der Waals surface area (Å²) in [7, 11) is 1.63. The number of carbonyl (C=O) groups excluding carboxylic acids is 1. The molecule has 0 bridgehead atoms. The Kier molecular flexibility index (Phi) is 4.74. The lowest BCUT2D eigenvalue weighted by Crippen LogP contribution is -2.18. The number of halogens is 1. The summed E-state index contributed by atoms with van der Waals surface area (Å²) in [5.74, 6) is -0.0892. The Labute approximate surface area is 126 Å². The predicted molar refractivity (Wildman–Crippen MR) is 83.8 cm³/mol. The highest BCUT2D eigenvalue weighted by Gasteiger charge is 2.06. The number of hydrogen-bond donors (Lipinski definition) is 2. The number of nitrogens with one attached hydrogen (secondary N) is 2. The summed E-state index contributed by atoms with van der Waals surface area (Å²) >= 11 is 3.35. The van der Waals surface area contributed by atoms with Gasteiger partial charge in [0.25, 0.3) is 5.91 Å². The standard InChI is InChI=1S/C15H16BrN3O/c1-10-6-7-11(15(20)17-2)8-13(10)18-9-12-4-3-5-14(16)19-12/h3-8,18H,9H2,1-2H3,(H,17,20). The van der Waals surface area contributed by atoms with E-state index in [1.165, 1.54) is 0 Å². The fourth-order valence-corrected chi connectivity index (χ4v) is 2.21. The number of benzene rings is 1. The lowest BCUT2D eigenvalue weighted by molar-refractivity contribution is 0.0963. The molecule has 0 saturated heterocycles. The number of nitrogens with zero attached hydrogens (tertiary/aromatic N) is 1. The van der Waals surface area contributed by atoms with Gasteiger partial charge in [0.05, 0.1) is 12.2 Å². The van der Waals surface area contributed by atoms with Crippen LogP contribution in [0.25, 0.3) is 0 Å². The van der Waals surface area contributed by atoms with Crippen molar-refractivity contribution in [2.45, 2.75) is 13.5 Å². The molecular formula is C15H16BrN3O. The van der Waals surface area contributed by atoms with Gasteiger partial charge in [-0.05, 0) is 52.7 Å². The van der Waals surface area contributed by atoms with E-state index in [4.69, 9.17) is 0 Å². The molecule has 0 aliphatic carbocycles. The molecule has 0 fully saturated rings. The van der Waals surface area contributed by atoms with E-state index in [1.807, 2.05) is 43.3 Å². The Morgan fingerprint density at radius 1 is 1.30 bits per heavy atom. The van der Waals surface area contributed by atoms with Crippen molar-refractivity contribution in [3.8, 4) is 0 Å². The predicted octanol–water partition coefficient (Wildman–Crippen LogP) is 3.12. The number of pyridine rings is 1. The Hall–Kier alpha value is -1.88. The lowest BCUT2D eigenvalue weighted by Gasteiger charge is -2.11. The quantitative estimate of drug-likeness (QED) is 0.845. The van der Waals surface area contributed by atoms with E-state index in [0.717, 1.165) is 21.5 Å². The zero-order chi connectivity index (χ0) is 14.5. The van der Waals surface area contributed by atoms with E-state index in [0.29, 0.717) is 12.1 Å². The van der Waals surface area contributed by atoms with Crippen molar-refractivity contribution in [1.29, 1.82) is 0 Å². The van der Waals surface area contributed by atoms with Crippen LogP contribution in [-0.2, 0) is 6.54 Å². The summed E-state index contributed by atoms with van der Waals surface area (Å²) in [6.07, 6.45) is 0. The van der Waals surface area contributed by atoms with Crippen molar-refractivity contribution in [3.63, 3.8) is 0 Å². The van der Waals surface area contributed by atoms with Crippen LogP contribution >= 0.6 is 15.9 Å². The largest absolute Gasteiger partial charge is 0.379 e. The number of aryl methyl sites for hydroxylation is 1. The van der Waals surface area contributed by atoms with Crippen LogP contribution in [0.2, 0.25) is 0 Å². The molecule has 2 aromatic rings. The molecule has 1 amide bonds. The number of anilines is 1. The summed E-state index contributed by atoms with van der Waals surface area (Å²) in [6, 6.07) is 11.4. The molecule has 1 aromatic carbocycles. The third-order valence-corrected chi connectivity index (χ3v) is 3.40. The fraction of sp³-hybridized carbons (Fsp3) is 0.200. The van der Waals surface area contributed by atoms with Gasteiger partial charge in [-0.3, -0.25) is 4.79 Å². The first kappa shape index (κ1) is 14.5. The SMILES string of the molecule is CNC(=O)c1ccc(C)c(NCc2cccc(Br)n2)c1. The zero-order valence-corrected chi connectivity index (χ0v) is 13.0. The summed E-state index contributed by atoms with van der Waals surface area (Å²) in [5.41, 5.74) is 3.60. The van der Waals surface area contributed by atoms with Gasteiger partial charge in [-0.15, -0.1) is 0 Å². The average Bonchev–Trinajstić information content (AvgIpc) is 2.45. The molecule has 0 unspecified atom stereocenters. The number of aromatic nitrogens is 1. The molecule has 2 rings (SSSR count). The van der Waals surface area contributed by atoms with Gasteiger partial charge in [-0.25, -0.2) is 4.98 Å². The van der Waals surface area contributed by atoms with E-state index >= 15 is 0 Å². The molecule has 20 heavy (non-hydrogen) atoms. The Balaban J connectivity index is 2.14. The first-order valence-electron chi connectivity index (χ1n) is 6.28. The minimum absolute atomic E-state index is 0.0892. The number of rotatable bonds is 4. The van der Waals surface area contributed by atoms with E-state index in [1.54, 1.807) is 7.05 Å². The first-order chi connectivity index (χ1) is 9.60. The Bertz CT molecular complexity index is 628. The smallest absolute Gasteiger partial charge is 0.251 e. The van der Waals surface area contributed by atoms with Gasteiger partial charge in [0.15, 0.2) is 0 Å². The zero-order valence-electron chi connectivity index (χ0n) is 11.4. The fourth-order valence-electron chi connectivity index (χ4n) is 1.83. The van der Waals surface area contributed by atoms with Crippen LogP contribution in [0.1, 0.15) is 21.6 Å². The van der Waals surface area contributed by atoms with Crippen molar-refractivity contribution in [1.82, 2.24) is 10.3 Å². The number of carbonyl (C=O) groups is 1.